The van der Waals surface area contributed by atoms with Gasteiger partial charge in [-0.2, -0.15) is 0 Å². The Labute approximate surface area is 197 Å². The minimum absolute atomic E-state index is 0.110. The van der Waals surface area contributed by atoms with Gasteiger partial charge in [0.2, 0.25) is 0 Å². The van der Waals surface area contributed by atoms with Gasteiger partial charge in [-0.1, -0.05) is 30.3 Å². The molecule has 0 amide bonds. The van der Waals surface area contributed by atoms with Crippen LogP contribution in [0.15, 0.2) is 77.1 Å². The van der Waals surface area contributed by atoms with Crippen LogP contribution in [0.5, 0.6) is 0 Å². The molecule has 0 bridgehead atoms. The van der Waals surface area contributed by atoms with E-state index in [0.717, 1.165) is 5.69 Å². The fourth-order valence-corrected chi connectivity index (χ4v) is 3.96. The molecule has 34 heavy (non-hydrogen) atoms. The summed E-state index contributed by atoms with van der Waals surface area (Å²) in [4.78, 5) is 38.7. The molecule has 2 aromatic rings. The lowest BCUT2D eigenvalue weighted by Crippen LogP contribution is -2.33. The Morgan fingerprint density at radius 2 is 1.68 bits per heavy atom. The van der Waals surface area contributed by atoms with Gasteiger partial charge in [-0.25, -0.2) is 9.59 Å². The Morgan fingerprint density at radius 3 is 2.29 bits per heavy atom. The van der Waals surface area contributed by atoms with Gasteiger partial charge in [-0.05, 0) is 31.5 Å². The minimum Gasteiger partial charge on any atom is -0.466 e. The van der Waals surface area contributed by atoms with Crippen LogP contribution in [0.1, 0.15) is 25.3 Å². The van der Waals surface area contributed by atoms with Crippen LogP contribution in [0.25, 0.3) is 0 Å². The number of esters is 2. The topological polar surface area (TPSA) is 111 Å². The first kappa shape index (κ1) is 24.5. The maximum Gasteiger partial charge on any atom is 0.336 e. The number of hydrogen-bond acceptors (Lipinski definition) is 8. The second kappa shape index (κ2) is 10.7. The second-order valence-electron chi connectivity index (χ2n) is 7.87. The lowest BCUT2D eigenvalue weighted by Gasteiger charge is -2.30. The number of nitro benzene ring substituents is 1. The smallest absolute Gasteiger partial charge is 0.336 e. The van der Waals surface area contributed by atoms with Crippen LogP contribution < -0.4 is 10.2 Å². The van der Waals surface area contributed by atoms with Crippen LogP contribution in [0.2, 0.25) is 0 Å². The molecule has 3 rings (SSSR count). The third kappa shape index (κ3) is 5.25. The first-order valence-electron chi connectivity index (χ1n) is 10.7. The summed E-state index contributed by atoms with van der Waals surface area (Å²) in [6.07, 6.45) is 0. The number of carbonyl (C=O) groups is 2. The average Bonchev–Trinajstić information content (AvgIpc) is 2.83. The number of nitrogens with zero attached hydrogens (tertiary/aromatic N) is 2. The van der Waals surface area contributed by atoms with Crippen molar-refractivity contribution >= 4 is 23.3 Å². The molecule has 0 saturated carbocycles. The number of hydrogen-bond donors (Lipinski definition) is 1. The molecule has 1 heterocycles. The number of allylic oxidation sites excluding steroid dienone is 2. The van der Waals surface area contributed by atoms with Crippen molar-refractivity contribution in [3.05, 3.63) is 92.8 Å². The molecule has 1 aliphatic heterocycles. The van der Waals surface area contributed by atoms with E-state index in [9.17, 15) is 19.7 Å². The molecule has 0 aliphatic carbocycles. The van der Waals surface area contributed by atoms with Crippen molar-refractivity contribution in [2.45, 2.75) is 19.8 Å². The largest absolute Gasteiger partial charge is 0.466 e. The highest BCUT2D eigenvalue weighted by Crippen LogP contribution is 2.40. The number of methoxy groups -OCH3 is 1. The van der Waals surface area contributed by atoms with Crippen molar-refractivity contribution in [3.8, 4) is 0 Å². The van der Waals surface area contributed by atoms with Crippen molar-refractivity contribution in [1.82, 2.24) is 5.32 Å². The summed E-state index contributed by atoms with van der Waals surface area (Å²) in [5.74, 6) is -2.13. The van der Waals surface area contributed by atoms with E-state index in [4.69, 9.17) is 9.47 Å². The predicted octanol–water partition coefficient (Wildman–Crippen LogP) is 3.68. The van der Waals surface area contributed by atoms with Gasteiger partial charge in [-0.15, -0.1) is 0 Å². The number of ether oxygens (including phenoxy) is 2. The van der Waals surface area contributed by atoms with Crippen LogP contribution in [0, 0.1) is 10.1 Å². The number of benzene rings is 2. The number of nitro groups is 1. The molecular formula is C25H27N3O6. The lowest BCUT2D eigenvalue weighted by atomic mass is 9.80. The number of carbonyl (C=O) groups excluding carboxylic acids is 2. The van der Waals surface area contributed by atoms with Crippen molar-refractivity contribution in [3.63, 3.8) is 0 Å². The van der Waals surface area contributed by atoms with Crippen LogP contribution in [0.3, 0.4) is 0 Å². The fraction of sp³-hybridized carbons (Fsp3) is 0.280. The van der Waals surface area contributed by atoms with Gasteiger partial charge in [0.05, 0.1) is 35.6 Å². The summed E-state index contributed by atoms with van der Waals surface area (Å²) in [5, 5.41) is 14.4. The van der Waals surface area contributed by atoms with E-state index < -0.39 is 22.8 Å². The summed E-state index contributed by atoms with van der Waals surface area (Å²) >= 11 is 0. The molecule has 1 N–H and O–H groups in total. The predicted molar refractivity (Wildman–Crippen MR) is 127 cm³/mol. The molecule has 0 fully saturated rings. The van der Waals surface area contributed by atoms with E-state index in [1.54, 1.807) is 19.9 Å². The van der Waals surface area contributed by atoms with Gasteiger partial charge in [0.15, 0.2) is 0 Å². The van der Waals surface area contributed by atoms with Crippen LogP contribution in [0.4, 0.5) is 11.4 Å². The van der Waals surface area contributed by atoms with E-state index in [1.807, 2.05) is 42.3 Å². The number of non-ortho nitro benzene ring substituents is 1. The van der Waals surface area contributed by atoms with E-state index in [2.05, 4.69) is 5.32 Å². The number of para-hydroxylation sites is 1. The standard InChI is InChI=1S/C25H27N3O6/c1-16-21(24(29)33-4)23(18-9-8-12-20(15-18)28(31)32)22(17(2)26-16)25(30)34-14-13-27(3)19-10-6-5-7-11-19/h5-12,15,23,26H,13-14H2,1-4H3. The molecular weight excluding hydrogens is 438 g/mol. The van der Waals surface area contributed by atoms with Crippen molar-refractivity contribution in [1.29, 1.82) is 0 Å². The summed E-state index contributed by atoms with van der Waals surface area (Å²) in [7, 11) is 3.14. The highest BCUT2D eigenvalue weighted by Gasteiger charge is 2.38. The normalized spacial score (nSPS) is 15.5. The summed E-state index contributed by atoms with van der Waals surface area (Å²) < 4.78 is 10.5. The third-order valence-corrected chi connectivity index (χ3v) is 5.66. The Balaban J connectivity index is 1.90. The molecule has 1 atom stereocenters. The van der Waals surface area contributed by atoms with Gasteiger partial charge >= 0.3 is 11.9 Å². The monoisotopic (exact) mass is 465 g/mol. The Hall–Kier alpha value is -4.14. The van der Waals surface area contributed by atoms with Crippen LogP contribution in [-0.2, 0) is 19.1 Å². The Kier molecular flexibility index (Phi) is 7.68. The van der Waals surface area contributed by atoms with E-state index in [0.29, 0.717) is 23.5 Å². The van der Waals surface area contributed by atoms with E-state index in [1.165, 1.54) is 25.3 Å². The van der Waals surface area contributed by atoms with E-state index >= 15 is 0 Å². The molecule has 1 aliphatic rings. The fourth-order valence-electron chi connectivity index (χ4n) is 3.96. The maximum atomic E-state index is 13.2. The average molecular weight is 466 g/mol. The van der Waals surface area contributed by atoms with Gasteiger partial charge in [0, 0.05) is 36.3 Å². The number of likely N-dealkylation sites (N-methyl/N-ethyl adjacent to an activating group) is 1. The quantitative estimate of drug-likeness (QED) is 0.357. The van der Waals surface area contributed by atoms with Crippen LogP contribution >= 0.6 is 0 Å². The highest BCUT2D eigenvalue weighted by atomic mass is 16.6. The molecule has 9 heteroatoms. The first-order chi connectivity index (χ1) is 16.2. The number of nitrogens with one attached hydrogen (secondary N) is 1. The Bertz CT molecular complexity index is 1160. The van der Waals surface area contributed by atoms with E-state index in [-0.39, 0.29) is 23.4 Å². The molecule has 0 saturated heterocycles. The molecule has 2 aromatic carbocycles. The minimum atomic E-state index is -0.882. The van der Waals surface area contributed by atoms with Crippen molar-refractivity contribution < 1.29 is 24.0 Å². The van der Waals surface area contributed by atoms with Gasteiger partial charge < -0.3 is 19.7 Å². The number of dihydropyridines is 1. The number of rotatable bonds is 8. The summed E-state index contributed by atoms with van der Waals surface area (Å²) in [5.41, 5.74) is 2.66. The molecule has 0 spiro atoms. The lowest BCUT2D eigenvalue weighted by molar-refractivity contribution is -0.384. The van der Waals surface area contributed by atoms with Crippen molar-refractivity contribution in [2.24, 2.45) is 0 Å². The summed E-state index contributed by atoms with van der Waals surface area (Å²) in [6, 6.07) is 15.5. The zero-order valence-electron chi connectivity index (χ0n) is 19.5. The molecule has 178 valence electrons. The number of anilines is 1. The molecule has 1 unspecified atom stereocenters. The summed E-state index contributed by atoms with van der Waals surface area (Å²) in [6.45, 7) is 3.96. The van der Waals surface area contributed by atoms with Gasteiger partial charge in [-0.3, -0.25) is 10.1 Å². The zero-order valence-corrected chi connectivity index (χ0v) is 19.5. The van der Waals surface area contributed by atoms with Gasteiger partial charge in [0.1, 0.15) is 6.61 Å². The second-order valence-corrected chi connectivity index (χ2v) is 7.87. The molecule has 9 nitrogen and oxygen atoms in total. The van der Waals surface area contributed by atoms with Crippen LogP contribution in [-0.4, -0.2) is 44.2 Å². The first-order valence-corrected chi connectivity index (χ1v) is 10.7. The highest BCUT2D eigenvalue weighted by molar-refractivity contribution is 5.99. The third-order valence-electron chi connectivity index (χ3n) is 5.66. The Morgan fingerprint density at radius 1 is 1.03 bits per heavy atom. The van der Waals surface area contributed by atoms with Gasteiger partial charge in [0.25, 0.3) is 5.69 Å². The molecule has 0 aromatic heterocycles. The molecule has 0 radical (unpaired) electrons. The SMILES string of the molecule is COC(=O)C1=C(C)NC(C)=C(C(=O)OCCN(C)c2ccccc2)C1c1cccc([N+](=O)[O-])c1. The maximum absolute atomic E-state index is 13.2. The zero-order chi connectivity index (χ0) is 24.8. The van der Waals surface area contributed by atoms with Crippen molar-refractivity contribution in [2.75, 3.05) is 32.2 Å².